The van der Waals surface area contributed by atoms with Crippen LogP contribution in [0.25, 0.3) is 0 Å². The number of nitrogens with two attached hydrogens (primary N) is 1. The van der Waals surface area contributed by atoms with E-state index < -0.39 is 0 Å². The van der Waals surface area contributed by atoms with E-state index in [1.807, 2.05) is 0 Å². The molecule has 1 aliphatic heterocycles. The molecule has 2 aromatic rings. The molecule has 0 saturated heterocycles. The van der Waals surface area contributed by atoms with E-state index in [2.05, 4.69) is 66.5 Å². The van der Waals surface area contributed by atoms with Gasteiger partial charge in [-0.2, -0.15) is 0 Å². The average molecular weight is 319 g/mol. The second kappa shape index (κ2) is 7.01. The highest BCUT2D eigenvalue weighted by molar-refractivity contribution is 8.13. The van der Waals surface area contributed by atoms with Crippen LogP contribution in [-0.2, 0) is 0 Å². The standard InChI is InChI=1S/C17H18N2S.ClH/c1-12-7-9-13(10-8-12)15-11-16(20-17(18)19-15)14-5-3-2-4-6-14;/h2-10,15-16H,11H2,1H3,(H2,18,19);1H/t15-,16+;/m1./s1. The first-order valence-corrected chi connectivity index (χ1v) is 7.77. The molecular weight excluding hydrogens is 300 g/mol. The van der Waals surface area contributed by atoms with Crippen LogP contribution < -0.4 is 23.1 Å². The van der Waals surface area contributed by atoms with Gasteiger partial charge in [-0.25, -0.2) is 0 Å². The Morgan fingerprint density at radius 1 is 1.00 bits per heavy atom. The highest BCUT2D eigenvalue weighted by Crippen LogP contribution is 2.36. The van der Waals surface area contributed by atoms with Crippen molar-refractivity contribution in [2.24, 2.45) is 5.73 Å². The minimum absolute atomic E-state index is 0. The normalized spacial score (nSPS) is 21.3. The second-order valence-corrected chi connectivity index (χ2v) is 6.47. The fourth-order valence-electron chi connectivity index (χ4n) is 2.57. The highest BCUT2D eigenvalue weighted by atomic mass is 35.5. The molecule has 3 N–H and O–H groups in total. The summed E-state index contributed by atoms with van der Waals surface area (Å²) in [7, 11) is 0. The summed E-state index contributed by atoms with van der Waals surface area (Å²) in [6.45, 7) is 2.11. The number of nitrogens with one attached hydrogen (secondary N) is 1. The zero-order chi connectivity index (χ0) is 13.9. The Morgan fingerprint density at radius 2 is 1.67 bits per heavy atom. The smallest absolute Gasteiger partial charge is 0.303 e. The summed E-state index contributed by atoms with van der Waals surface area (Å²) in [6, 6.07) is 19.6. The van der Waals surface area contributed by atoms with Crippen LogP contribution in [0.2, 0.25) is 0 Å². The summed E-state index contributed by atoms with van der Waals surface area (Å²) in [5.74, 6) is 0. The zero-order valence-electron chi connectivity index (χ0n) is 11.9. The molecule has 4 heteroatoms. The molecule has 1 heterocycles. The first-order valence-electron chi connectivity index (χ1n) is 6.89. The van der Waals surface area contributed by atoms with Gasteiger partial charge in [0.15, 0.2) is 0 Å². The van der Waals surface area contributed by atoms with E-state index in [4.69, 9.17) is 5.73 Å². The van der Waals surface area contributed by atoms with Crippen molar-refractivity contribution < 1.29 is 17.4 Å². The van der Waals surface area contributed by atoms with Gasteiger partial charge in [-0.3, -0.25) is 10.7 Å². The van der Waals surface area contributed by atoms with Gasteiger partial charge in [0, 0.05) is 11.7 Å². The number of halogens is 1. The molecule has 0 fully saturated rings. The van der Waals surface area contributed by atoms with Gasteiger partial charge in [0.05, 0.1) is 0 Å². The van der Waals surface area contributed by atoms with Crippen molar-refractivity contribution in [1.29, 1.82) is 0 Å². The molecule has 1 aliphatic rings. The van der Waals surface area contributed by atoms with E-state index in [1.165, 1.54) is 16.7 Å². The molecule has 2 nitrogen and oxygen atoms in total. The van der Waals surface area contributed by atoms with Gasteiger partial charge in [0.1, 0.15) is 6.04 Å². The summed E-state index contributed by atoms with van der Waals surface area (Å²) in [6.07, 6.45) is 1.05. The summed E-state index contributed by atoms with van der Waals surface area (Å²) in [5.41, 5.74) is 10.0. The van der Waals surface area contributed by atoms with E-state index in [0.29, 0.717) is 11.3 Å². The molecule has 0 amide bonds. The number of rotatable bonds is 2. The van der Waals surface area contributed by atoms with Crippen molar-refractivity contribution in [2.45, 2.75) is 24.6 Å². The number of hydrogen-bond acceptors (Lipinski definition) is 2. The maximum Gasteiger partial charge on any atom is 0.303 e. The third-order valence-electron chi connectivity index (χ3n) is 3.69. The van der Waals surface area contributed by atoms with E-state index in [-0.39, 0.29) is 12.4 Å². The lowest BCUT2D eigenvalue weighted by Gasteiger charge is -2.23. The van der Waals surface area contributed by atoms with E-state index in [9.17, 15) is 0 Å². The Balaban J connectivity index is 0.00000161. The predicted molar refractivity (Wildman–Crippen MR) is 85.5 cm³/mol. The first-order chi connectivity index (χ1) is 9.72. The molecule has 3 rings (SSSR count). The van der Waals surface area contributed by atoms with Gasteiger partial charge in [-0.15, -0.1) is 0 Å². The lowest BCUT2D eigenvalue weighted by atomic mass is 9.98. The van der Waals surface area contributed by atoms with Crippen LogP contribution in [0, 0.1) is 6.92 Å². The fraction of sp³-hybridized carbons (Fsp3) is 0.235. The molecule has 2 aromatic carbocycles. The molecule has 0 bridgehead atoms. The molecule has 0 unspecified atom stereocenters. The zero-order valence-corrected chi connectivity index (χ0v) is 13.5. The molecular formula is C17H19ClN2S. The topological polar surface area (TPSA) is 40.0 Å². The molecule has 0 aromatic heterocycles. The SMILES string of the molecule is Cc1ccc([C@H]2C[C@@H](c3ccccc3)SC(N)=[NH+]2)cc1.[Cl-]. The molecule has 0 aliphatic carbocycles. The summed E-state index contributed by atoms with van der Waals surface area (Å²) < 4.78 is 0. The minimum Gasteiger partial charge on any atom is -1.00 e. The van der Waals surface area contributed by atoms with Crippen LogP contribution in [0.1, 0.15) is 34.4 Å². The third-order valence-corrected chi connectivity index (χ3v) is 4.81. The third kappa shape index (κ3) is 3.80. The minimum atomic E-state index is 0. The Kier molecular flexibility index (Phi) is 5.32. The van der Waals surface area contributed by atoms with Gasteiger partial charge in [-0.1, -0.05) is 60.2 Å². The van der Waals surface area contributed by atoms with Crippen molar-refractivity contribution in [1.82, 2.24) is 0 Å². The maximum absolute atomic E-state index is 6.09. The molecule has 110 valence electrons. The summed E-state index contributed by atoms with van der Waals surface area (Å²) in [5, 5.41) is 1.24. The van der Waals surface area contributed by atoms with Crippen LogP contribution in [-0.4, -0.2) is 5.17 Å². The molecule has 0 saturated carbocycles. The lowest BCUT2D eigenvalue weighted by Crippen LogP contribution is -3.00. The largest absolute Gasteiger partial charge is 1.00 e. The van der Waals surface area contributed by atoms with E-state index in [0.717, 1.165) is 11.6 Å². The fourth-order valence-corrected chi connectivity index (χ4v) is 3.67. The first kappa shape index (κ1) is 15.9. The predicted octanol–water partition coefficient (Wildman–Crippen LogP) is -0.686. The van der Waals surface area contributed by atoms with Gasteiger partial charge in [-0.05, 0) is 29.8 Å². The Labute approximate surface area is 136 Å². The van der Waals surface area contributed by atoms with Crippen LogP contribution >= 0.6 is 11.8 Å². The molecule has 2 atom stereocenters. The molecule has 0 radical (unpaired) electrons. The Hall–Kier alpha value is -1.45. The van der Waals surface area contributed by atoms with Crippen molar-refractivity contribution in [3.8, 4) is 0 Å². The van der Waals surface area contributed by atoms with Crippen molar-refractivity contribution in [2.75, 3.05) is 0 Å². The quantitative estimate of drug-likeness (QED) is 0.770. The number of thioether (sulfide) groups is 1. The van der Waals surface area contributed by atoms with Gasteiger partial charge < -0.3 is 12.4 Å². The number of benzene rings is 2. The van der Waals surface area contributed by atoms with Crippen LogP contribution in [0.15, 0.2) is 54.6 Å². The monoisotopic (exact) mass is 318 g/mol. The van der Waals surface area contributed by atoms with Crippen molar-refractivity contribution in [3.63, 3.8) is 0 Å². The van der Waals surface area contributed by atoms with Crippen LogP contribution in [0.3, 0.4) is 0 Å². The van der Waals surface area contributed by atoms with E-state index >= 15 is 0 Å². The Bertz CT molecular complexity index is 610. The number of hydrogen-bond donors (Lipinski definition) is 2. The maximum atomic E-state index is 6.09. The van der Waals surface area contributed by atoms with Gasteiger partial charge >= 0.3 is 5.17 Å². The van der Waals surface area contributed by atoms with Crippen LogP contribution in [0.4, 0.5) is 0 Å². The lowest BCUT2D eigenvalue weighted by molar-refractivity contribution is -0.511. The summed E-state index contributed by atoms with van der Waals surface area (Å²) >= 11 is 1.72. The van der Waals surface area contributed by atoms with Gasteiger partial charge in [0.2, 0.25) is 0 Å². The van der Waals surface area contributed by atoms with Crippen molar-refractivity contribution in [3.05, 3.63) is 71.3 Å². The Morgan fingerprint density at radius 3 is 2.33 bits per heavy atom. The highest BCUT2D eigenvalue weighted by Gasteiger charge is 2.28. The van der Waals surface area contributed by atoms with Crippen molar-refractivity contribution >= 4 is 16.9 Å². The number of amidine groups is 1. The van der Waals surface area contributed by atoms with E-state index in [1.54, 1.807) is 11.8 Å². The number of aryl methyl sites for hydroxylation is 1. The summed E-state index contributed by atoms with van der Waals surface area (Å²) in [4.78, 5) is 3.41. The molecule has 21 heavy (non-hydrogen) atoms. The van der Waals surface area contributed by atoms with Gasteiger partial charge in [0.25, 0.3) is 0 Å². The molecule has 0 spiro atoms. The van der Waals surface area contributed by atoms with Crippen LogP contribution in [0.5, 0.6) is 0 Å². The second-order valence-electron chi connectivity index (χ2n) is 5.22. The average Bonchev–Trinajstić information content (AvgIpc) is 2.48.